The molecule has 1 unspecified atom stereocenters. The molecule has 3 N–H and O–H groups in total. The molecule has 1 aliphatic rings. The summed E-state index contributed by atoms with van der Waals surface area (Å²) in [6.07, 6.45) is 4.23. The van der Waals surface area contributed by atoms with Crippen molar-refractivity contribution >= 4 is 22.8 Å². The molecule has 2 amide bonds. The van der Waals surface area contributed by atoms with Crippen LogP contribution in [0.5, 0.6) is 0 Å². The van der Waals surface area contributed by atoms with Crippen molar-refractivity contribution in [2.45, 2.75) is 12.0 Å². The number of primary amides is 1. The summed E-state index contributed by atoms with van der Waals surface area (Å²) in [4.78, 5) is 20.2. The maximum Gasteiger partial charge on any atom is 0.317 e. The molecule has 0 aromatic carbocycles. The second-order valence-corrected chi connectivity index (χ2v) is 6.97. The van der Waals surface area contributed by atoms with Gasteiger partial charge in [0.1, 0.15) is 11.4 Å². The molecule has 9 nitrogen and oxygen atoms in total. The number of carbonyl (C=O) groups is 1. The zero-order valence-corrected chi connectivity index (χ0v) is 16.1. The molecule has 29 heavy (non-hydrogen) atoms. The zero-order chi connectivity index (χ0) is 20.6. The topological polar surface area (TPSA) is 128 Å². The number of urea groups is 1. The number of fused-ring (bicyclic) bond motifs is 1. The third kappa shape index (κ3) is 3.29. The monoisotopic (exact) mass is 392 g/mol. The van der Waals surface area contributed by atoms with Crippen LogP contribution in [0.15, 0.2) is 30.6 Å². The lowest BCUT2D eigenvalue weighted by molar-refractivity contribution is -0.0245. The highest BCUT2D eigenvalue weighted by Crippen LogP contribution is 2.36. The van der Waals surface area contributed by atoms with E-state index in [1.807, 2.05) is 17.8 Å². The highest BCUT2D eigenvalue weighted by molar-refractivity contribution is 5.98. The normalized spacial score (nSPS) is 18.7. The molecule has 3 aromatic rings. The largest absolute Gasteiger partial charge is 0.378 e. The smallest absolute Gasteiger partial charge is 0.317 e. The van der Waals surface area contributed by atoms with Gasteiger partial charge >= 0.3 is 6.03 Å². The van der Waals surface area contributed by atoms with Crippen molar-refractivity contribution in [3.8, 4) is 17.3 Å². The Labute approximate surface area is 167 Å². The number of hydrogen-bond donors (Lipinski definition) is 2. The molecule has 4 heterocycles. The van der Waals surface area contributed by atoms with Crippen LogP contribution in [0.25, 0.3) is 22.2 Å². The number of hydrogen-bond acceptors (Lipinski definition) is 6. The molecule has 1 aliphatic heterocycles. The molecule has 9 heteroatoms. The molecule has 0 spiro atoms. The Morgan fingerprint density at radius 2 is 2.28 bits per heavy atom. The summed E-state index contributed by atoms with van der Waals surface area (Å²) >= 11 is 0. The van der Waals surface area contributed by atoms with E-state index in [1.54, 1.807) is 31.5 Å². The minimum atomic E-state index is -0.690. The molecule has 0 saturated carbocycles. The summed E-state index contributed by atoms with van der Waals surface area (Å²) < 4.78 is 13.2. The van der Waals surface area contributed by atoms with Gasteiger partial charge in [0.05, 0.1) is 41.3 Å². The van der Waals surface area contributed by atoms with Gasteiger partial charge in [0.2, 0.25) is 0 Å². The molecular weight excluding hydrogens is 372 g/mol. The van der Waals surface area contributed by atoms with Gasteiger partial charge in [0, 0.05) is 44.3 Å². The number of methoxy groups -OCH3 is 1. The van der Waals surface area contributed by atoms with E-state index in [0.717, 1.165) is 16.5 Å². The van der Waals surface area contributed by atoms with Gasteiger partial charge in [-0.2, -0.15) is 5.26 Å². The molecule has 3 aromatic heterocycles. The van der Waals surface area contributed by atoms with Crippen LogP contribution in [0, 0.1) is 11.3 Å². The first-order chi connectivity index (χ1) is 14.0. The summed E-state index contributed by atoms with van der Waals surface area (Å²) in [7, 11) is 3.52. The van der Waals surface area contributed by atoms with Crippen molar-refractivity contribution in [3.05, 3.63) is 41.9 Å². The number of rotatable bonds is 4. The number of nitrogens with zero attached hydrogens (tertiary/aromatic N) is 4. The van der Waals surface area contributed by atoms with Crippen molar-refractivity contribution in [1.82, 2.24) is 14.5 Å². The highest BCUT2D eigenvalue weighted by Gasteiger charge is 2.39. The number of anilines is 1. The van der Waals surface area contributed by atoms with Crippen LogP contribution in [0.1, 0.15) is 17.7 Å². The van der Waals surface area contributed by atoms with Gasteiger partial charge in [-0.1, -0.05) is 0 Å². The predicted octanol–water partition coefficient (Wildman–Crippen LogP) is 2.26. The van der Waals surface area contributed by atoms with Gasteiger partial charge in [-0.05, 0) is 18.2 Å². The van der Waals surface area contributed by atoms with Crippen molar-refractivity contribution in [2.24, 2.45) is 12.8 Å². The second-order valence-electron chi connectivity index (χ2n) is 6.97. The maximum atomic E-state index is 11.2. The first-order valence-corrected chi connectivity index (χ1v) is 9.03. The van der Waals surface area contributed by atoms with Crippen molar-refractivity contribution in [3.63, 3.8) is 0 Å². The SMILES string of the molecule is COC1(c2cc(C#N)cc(-c3cn(C)c4cnc(NC(N)=O)cc34)n2)CCOC1. The number of ether oxygens (including phenoxy) is 2. The minimum Gasteiger partial charge on any atom is -0.378 e. The van der Waals surface area contributed by atoms with E-state index in [9.17, 15) is 10.1 Å². The molecule has 148 valence electrons. The second kappa shape index (κ2) is 7.16. The van der Waals surface area contributed by atoms with Gasteiger partial charge < -0.3 is 19.8 Å². The summed E-state index contributed by atoms with van der Waals surface area (Å²) in [5.74, 6) is 0.340. The van der Waals surface area contributed by atoms with Crippen LogP contribution in [0.4, 0.5) is 10.6 Å². The Morgan fingerprint density at radius 1 is 1.45 bits per heavy atom. The average Bonchev–Trinajstić information content (AvgIpc) is 3.33. The molecule has 1 saturated heterocycles. The number of nitrogens with one attached hydrogen (secondary N) is 1. The number of nitriles is 1. The quantitative estimate of drug-likeness (QED) is 0.701. The average molecular weight is 392 g/mol. The van der Waals surface area contributed by atoms with E-state index in [4.69, 9.17) is 20.2 Å². The lowest BCUT2D eigenvalue weighted by Crippen LogP contribution is -2.30. The summed E-state index contributed by atoms with van der Waals surface area (Å²) in [5, 5.41) is 12.9. The number of pyridine rings is 2. The zero-order valence-electron chi connectivity index (χ0n) is 16.1. The van der Waals surface area contributed by atoms with Crippen molar-refractivity contribution < 1.29 is 14.3 Å². The van der Waals surface area contributed by atoms with Gasteiger partial charge in [-0.25, -0.2) is 14.8 Å². The van der Waals surface area contributed by atoms with Crippen LogP contribution in [-0.4, -0.2) is 40.9 Å². The molecule has 0 aliphatic carbocycles. The Bertz CT molecular complexity index is 1140. The van der Waals surface area contributed by atoms with Gasteiger partial charge in [0.25, 0.3) is 0 Å². The molecule has 1 fully saturated rings. The van der Waals surface area contributed by atoms with E-state index >= 15 is 0 Å². The summed E-state index contributed by atoms with van der Waals surface area (Å²) in [6, 6.07) is 6.73. The number of carbonyl (C=O) groups excluding carboxylic acids is 1. The molecule has 1 atom stereocenters. The third-order valence-corrected chi connectivity index (χ3v) is 5.20. The molecule has 0 radical (unpaired) electrons. The lowest BCUT2D eigenvalue weighted by Gasteiger charge is -2.25. The minimum absolute atomic E-state index is 0.340. The van der Waals surface area contributed by atoms with Crippen LogP contribution in [0.3, 0.4) is 0 Å². The highest BCUT2D eigenvalue weighted by atomic mass is 16.5. The Morgan fingerprint density at radius 3 is 2.93 bits per heavy atom. The Hall–Kier alpha value is -3.48. The number of amides is 2. The number of nitrogens with two attached hydrogens (primary N) is 1. The van der Waals surface area contributed by atoms with E-state index in [1.165, 1.54) is 0 Å². The summed E-state index contributed by atoms with van der Waals surface area (Å²) in [6.45, 7) is 0.959. The van der Waals surface area contributed by atoms with Crippen molar-refractivity contribution in [1.29, 1.82) is 5.26 Å². The maximum absolute atomic E-state index is 11.2. The van der Waals surface area contributed by atoms with Crippen LogP contribution in [-0.2, 0) is 22.1 Å². The fourth-order valence-electron chi connectivity index (χ4n) is 3.66. The Kier molecular flexibility index (Phi) is 4.66. The van der Waals surface area contributed by atoms with Crippen LogP contribution < -0.4 is 11.1 Å². The van der Waals surface area contributed by atoms with Crippen LogP contribution in [0.2, 0.25) is 0 Å². The van der Waals surface area contributed by atoms with Crippen molar-refractivity contribution in [2.75, 3.05) is 25.6 Å². The van der Waals surface area contributed by atoms with E-state index < -0.39 is 11.6 Å². The fraction of sp³-hybridized carbons (Fsp3) is 0.300. The van der Waals surface area contributed by atoms with E-state index in [-0.39, 0.29) is 0 Å². The van der Waals surface area contributed by atoms with Gasteiger partial charge in [0.15, 0.2) is 0 Å². The molecule has 4 rings (SSSR count). The number of aryl methyl sites for hydroxylation is 1. The molecular formula is C20H20N6O3. The van der Waals surface area contributed by atoms with E-state index in [0.29, 0.717) is 42.4 Å². The summed E-state index contributed by atoms with van der Waals surface area (Å²) in [5.41, 5.74) is 7.97. The van der Waals surface area contributed by atoms with Gasteiger partial charge in [-0.3, -0.25) is 5.32 Å². The first-order valence-electron chi connectivity index (χ1n) is 9.03. The van der Waals surface area contributed by atoms with Crippen LogP contribution >= 0.6 is 0 Å². The Balaban J connectivity index is 1.90. The molecule has 0 bridgehead atoms. The first kappa shape index (κ1) is 18.9. The standard InChI is InChI=1S/C20H20N6O3/c1-26-10-14(13-7-18(25-19(22)27)23-9-16(13)26)15-5-12(8-21)6-17(24-15)20(28-2)3-4-29-11-20/h5-7,9-10H,3-4,11H2,1-2H3,(H3,22,23,25,27). The fourth-order valence-corrected chi connectivity index (χ4v) is 3.66. The number of aromatic nitrogens is 3. The van der Waals surface area contributed by atoms with E-state index in [2.05, 4.69) is 16.4 Å². The third-order valence-electron chi connectivity index (χ3n) is 5.20. The lowest BCUT2D eigenvalue weighted by atomic mass is 9.95. The predicted molar refractivity (Wildman–Crippen MR) is 106 cm³/mol. The van der Waals surface area contributed by atoms with Gasteiger partial charge in [-0.15, -0.1) is 0 Å².